The topological polar surface area (TPSA) is 69.6 Å². The number of nitrogens with two attached hydrogens (primary N) is 1. The molecule has 0 amide bonds. The smallest absolute Gasteiger partial charge is 0.208 e. The van der Waals surface area contributed by atoms with Crippen LogP contribution in [-0.2, 0) is 0 Å². The van der Waals surface area contributed by atoms with Gasteiger partial charge >= 0.3 is 0 Å². The van der Waals surface area contributed by atoms with Crippen LogP contribution < -0.4 is 5.73 Å². The van der Waals surface area contributed by atoms with Gasteiger partial charge in [0.25, 0.3) is 0 Å². The number of hydrogen-bond acceptors (Lipinski definition) is 4. The van der Waals surface area contributed by atoms with E-state index in [9.17, 15) is 0 Å². The van der Waals surface area contributed by atoms with Crippen LogP contribution in [-0.4, -0.2) is 19.5 Å². The minimum atomic E-state index is 0.328. The Kier molecular flexibility index (Phi) is 2.22. The van der Waals surface area contributed by atoms with Crippen molar-refractivity contribution >= 4 is 17.0 Å². The Morgan fingerprint density at radius 2 is 2.12 bits per heavy atom. The molecule has 0 aliphatic heterocycles. The van der Waals surface area contributed by atoms with Crippen LogP contribution in [0.15, 0.2) is 6.33 Å². The van der Waals surface area contributed by atoms with Crippen molar-refractivity contribution in [1.82, 2.24) is 19.5 Å². The number of terminal acetylenes is 1. The van der Waals surface area contributed by atoms with Gasteiger partial charge in [0.2, 0.25) is 5.82 Å². The summed E-state index contributed by atoms with van der Waals surface area (Å²) in [6, 6.07) is 0.472. The molecule has 1 aliphatic rings. The number of nitrogens with zero attached hydrogens (tertiary/aromatic N) is 4. The van der Waals surface area contributed by atoms with Crippen LogP contribution in [0.2, 0.25) is 0 Å². The van der Waals surface area contributed by atoms with E-state index in [2.05, 4.69) is 25.4 Å². The van der Waals surface area contributed by atoms with Gasteiger partial charge in [0.05, 0.1) is 6.33 Å². The van der Waals surface area contributed by atoms with Gasteiger partial charge < -0.3 is 10.3 Å². The van der Waals surface area contributed by atoms with Crippen molar-refractivity contribution in [2.24, 2.45) is 0 Å². The first-order valence-electron chi connectivity index (χ1n) is 5.76. The Balaban J connectivity index is 2.20. The van der Waals surface area contributed by atoms with E-state index in [1.165, 1.54) is 25.7 Å². The van der Waals surface area contributed by atoms with E-state index in [4.69, 9.17) is 12.2 Å². The molecule has 0 aromatic carbocycles. The SMILES string of the molecule is C#Cc1nc(N)c2ncn(C3CCCC3)c2n1. The van der Waals surface area contributed by atoms with Crippen LogP contribution >= 0.6 is 0 Å². The molecule has 0 spiro atoms. The maximum atomic E-state index is 5.82. The van der Waals surface area contributed by atoms with Gasteiger partial charge in [-0.05, 0) is 18.8 Å². The minimum Gasteiger partial charge on any atom is -0.382 e. The first kappa shape index (κ1) is 10.1. The fourth-order valence-corrected chi connectivity index (χ4v) is 2.45. The summed E-state index contributed by atoms with van der Waals surface area (Å²) in [4.78, 5) is 12.6. The number of hydrogen-bond donors (Lipinski definition) is 1. The highest BCUT2D eigenvalue weighted by Crippen LogP contribution is 2.32. The van der Waals surface area contributed by atoms with E-state index < -0.39 is 0 Å². The molecule has 2 aromatic heterocycles. The van der Waals surface area contributed by atoms with Crippen LogP contribution in [0.4, 0.5) is 5.82 Å². The van der Waals surface area contributed by atoms with Gasteiger partial charge in [-0.15, -0.1) is 6.42 Å². The van der Waals surface area contributed by atoms with E-state index in [-0.39, 0.29) is 0 Å². The fraction of sp³-hybridized carbons (Fsp3) is 0.417. The third-order valence-corrected chi connectivity index (χ3v) is 3.30. The Bertz CT molecular complexity index is 601. The molecule has 0 unspecified atom stereocenters. The zero-order valence-electron chi connectivity index (χ0n) is 9.43. The van der Waals surface area contributed by atoms with Crippen molar-refractivity contribution in [2.75, 3.05) is 5.73 Å². The van der Waals surface area contributed by atoms with Crippen molar-refractivity contribution in [3.8, 4) is 12.3 Å². The first-order chi connectivity index (χ1) is 8.29. The molecule has 1 saturated carbocycles. The molecule has 3 rings (SSSR count). The predicted molar refractivity (Wildman–Crippen MR) is 65.2 cm³/mol. The molecule has 17 heavy (non-hydrogen) atoms. The molecular weight excluding hydrogens is 214 g/mol. The van der Waals surface area contributed by atoms with Gasteiger partial charge in [-0.1, -0.05) is 12.8 Å². The Morgan fingerprint density at radius 3 is 2.82 bits per heavy atom. The summed E-state index contributed by atoms with van der Waals surface area (Å²) < 4.78 is 2.08. The van der Waals surface area contributed by atoms with E-state index in [0.29, 0.717) is 23.2 Å². The van der Waals surface area contributed by atoms with Crippen molar-refractivity contribution < 1.29 is 0 Å². The zero-order chi connectivity index (χ0) is 11.8. The molecule has 1 aliphatic carbocycles. The lowest BCUT2D eigenvalue weighted by Crippen LogP contribution is -2.06. The molecule has 2 aromatic rings. The molecule has 0 bridgehead atoms. The summed E-state index contributed by atoms with van der Waals surface area (Å²) in [7, 11) is 0. The Hall–Kier alpha value is -2.09. The highest BCUT2D eigenvalue weighted by atomic mass is 15.2. The van der Waals surface area contributed by atoms with Crippen LogP contribution in [0.1, 0.15) is 37.5 Å². The second-order valence-electron chi connectivity index (χ2n) is 4.34. The van der Waals surface area contributed by atoms with Gasteiger partial charge in [0.15, 0.2) is 11.5 Å². The van der Waals surface area contributed by atoms with Crippen molar-refractivity contribution in [3.63, 3.8) is 0 Å². The quantitative estimate of drug-likeness (QED) is 0.749. The highest BCUT2D eigenvalue weighted by molar-refractivity contribution is 5.82. The molecule has 0 saturated heterocycles. The summed E-state index contributed by atoms with van der Waals surface area (Å²) in [6.45, 7) is 0. The first-order valence-corrected chi connectivity index (χ1v) is 5.76. The van der Waals surface area contributed by atoms with Crippen LogP contribution in [0, 0.1) is 12.3 Å². The largest absolute Gasteiger partial charge is 0.382 e. The number of nitrogen functional groups attached to an aromatic ring is 1. The second kappa shape index (κ2) is 3.74. The molecule has 0 atom stereocenters. The summed E-state index contributed by atoms with van der Waals surface area (Å²) in [5.41, 5.74) is 7.23. The average molecular weight is 227 g/mol. The van der Waals surface area contributed by atoms with E-state index in [0.717, 1.165) is 5.65 Å². The van der Waals surface area contributed by atoms with E-state index >= 15 is 0 Å². The molecular formula is C12H13N5. The maximum absolute atomic E-state index is 5.82. The Labute approximate surface area is 99.1 Å². The summed E-state index contributed by atoms with van der Waals surface area (Å²) in [5.74, 6) is 3.11. The third kappa shape index (κ3) is 1.53. The van der Waals surface area contributed by atoms with Crippen molar-refractivity contribution in [3.05, 3.63) is 12.2 Å². The van der Waals surface area contributed by atoms with Crippen LogP contribution in [0.5, 0.6) is 0 Å². The van der Waals surface area contributed by atoms with Gasteiger partial charge in [-0.2, -0.15) is 0 Å². The lowest BCUT2D eigenvalue weighted by molar-refractivity contribution is 0.528. The van der Waals surface area contributed by atoms with Gasteiger partial charge in [0, 0.05) is 6.04 Å². The summed E-state index contributed by atoms with van der Waals surface area (Å²) >= 11 is 0. The number of rotatable bonds is 1. The van der Waals surface area contributed by atoms with Crippen molar-refractivity contribution in [2.45, 2.75) is 31.7 Å². The van der Waals surface area contributed by atoms with E-state index in [1.807, 2.05) is 0 Å². The zero-order valence-corrected chi connectivity index (χ0v) is 9.43. The molecule has 5 heteroatoms. The number of anilines is 1. The molecule has 2 N–H and O–H groups in total. The molecule has 0 radical (unpaired) electrons. The van der Waals surface area contributed by atoms with Gasteiger partial charge in [-0.25, -0.2) is 15.0 Å². The normalized spacial score (nSPS) is 16.4. The highest BCUT2D eigenvalue weighted by Gasteiger charge is 2.20. The molecule has 2 heterocycles. The lowest BCUT2D eigenvalue weighted by atomic mass is 10.2. The number of aromatic nitrogens is 4. The van der Waals surface area contributed by atoms with E-state index in [1.54, 1.807) is 6.33 Å². The average Bonchev–Trinajstić information content (AvgIpc) is 2.96. The van der Waals surface area contributed by atoms with Crippen LogP contribution in [0.3, 0.4) is 0 Å². The molecule has 86 valence electrons. The monoisotopic (exact) mass is 227 g/mol. The number of fused-ring (bicyclic) bond motifs is 1. The number of imidazole rings is 1. The van der Waals surface area contributed by atoms with Crippen LogP contribution in [0.25, 0.3) is 11.2 Å². The fourth-order valence-electron chi connectivity index (χ4n) is 2.45. The molecule has 1 fully saturated rings. The van der Waals surface area contributed by atoms with Crippen molar-refractivity contribution in [1.29, 1.82) is 0 Å². The maximum Gasteiger partial charge on any atom is 0.208 e. The van der Waals surface area contributed by atoms with Gasteiger partial charge in [0.1, 0.15) is 5.52 Å². The third-order valence-electron chi connectivity index (χ3n) is 3.30. The Morgan fingerprint density at radius 1 is 1.35 bits per heavy atom. The molecule has 5 nitrogen and oxygen atoms in total. The van der Waals surface area contributed by atoms with Gasteiger partial charge in [-0.3, -0.25) is 0 Å². The standard InChI is InChI=1S/C12H13N5/c1-2-9-15-11(13)10-12(16-9)17(7-14-10)8-5-3-4-6-8/h1,7-8H,3-6H2,(H2,13,15,16). The minimum absolute atomic E-state index is 0.328. The second-order valence-corrected chi connectivity index (χ2v) is 4.34. The lowest BCUT2D eigenvalue weighted by Gasteiger charge is -2.11. The summed E-state index contributed by atoms with van der Waals surface area (Å²) in [5, 5.41) is 0. The predicted octanol–water partition coefficient (Wildman–Crippen LogP) is 1.50. The summed E-state index contributed by atoms with van der Waals surface area (Å²) in [6.07, 6.45) is 12.0.